The van der Waals surface area contributed by atoms with E-state index in [1.165, 1.54) is 0 Å². The second kappa shape index (κ2) is 13.1. The van der Waals surface area contributed by atoms with E-state index in [0.29, 0.717) is 70.6 Å². The first-order valence-electron chi connectivity index (χ1n) is 16.0. The van der Waals surface area contributed by atoms with Gasteiger partial charge in [-0.2, -0.15) is 25.3 Å². The standard InChI is InChI=1S/C28H46N2O11S3/c31-27(29-20-7-9-23-16(12-20)3-2-6-25(23)43(36,37)38)17-4-1-5-18(11-17)28(32)30-21-8-10-24-19(13-21)14-22(42(33,34)35)15-26(24)44(39,40)41/h16-26H,1-15H2,(H,29,31)(H,30,32)(H,33,34,35)(H,36,37,38)(H,39,40,41). The van der Waals surface area contributed by atoms with Crippen molar-refractivity contribution in [1.82, 2.24) is 10.6 Å². The molecule has 0 bridgehead atoms. The van der Waals surface area contributed by atoms with Crippen LogP contribution in [0.1, 0.15) is 96.3 Å². The summed E-state index contributed by atoms with van der Waals surface area (Å²) < 4.78 is 101. The van der Waals surface area contributed by atoms with Gasteiger partial charge in [-0.25, -0.2) is 0 Å². The quantitative estimate of drug-likeness (QED) is 0.245. The molecule has 0 spiro atoms. The smallest absolute Gasteiger partial charge is 0.268 e. The van der Waals surface area contributed by atoms with Gasteiger partial charge in [0.1, 0.15) is 0 Å². The van der Waals surface area contributed by atoms with Gasteiger partial charge in [0.15, 0.2) is 0 Å². The number of carbonyl (C=O) groups is 2. The van der Waals surface area contributed by atoms with E-state index in [0.717, 1.165) is 12.8 Å². The molecule has 0 saturated heterocycles. The molecule has 0 aromatic rings. The minimum atomic E-state index is -4.52. The lowest BCUT2D eigenvalue weighted by atomic mass is 9.68. The van der Waals surface area contributed by atoms with Gasteiger partial charge in [0, 0.05) is 23.9 Å². The summed E-state index contributed by atoms with van der Waals surface area (Å²) in [4.78, 5) is 26.6. The molecule has 0 radical (unpaired) electrons. The number of carbonyl (C=O) groups excluding carboxylic acids is 2. The minimum absolute atomic E-state index is 0.0623. The van der Waals surface area contributed by atoms with Crippen LogP contribution in [0.15, 0.2) is 0 Å². The zero-order valence-corrected chi connectivity index (χ0v) is 27.2. The van der Waals surface area contributed by atoms with Crippen molar-refractivity contribution in [3.8, 4) is 0 Å². The Morgan fingerprint density at radius 3 is 1.52 bits per heavy atom. The monoisotopic (exact) mass is 682 g/mol. The second-order valence-electron chi connectivity index (χ2n) is 14.1. The predicted octanol–water partition coefficient (Wildman–Crippen LogP) is 2.34. The van der Waals surface area contributed by atoms with Crippen molar-refractivity contribution < 1.29 is 48.5 Å². The van der Waals surface area contributed by atoms with Crippen LogP contribution in [0.5, 0.6) is 0 Å². The lowest BCUT2D eigenvalue weighted by molar-refractivity contribution is -0.131. The fourth-order valence-electron chi connectivity index (χ4n) is 9.34. The first-order valence-corrected chi connectivity index (χ1v) is 20.5. The second-order valence-corrected chi connectivity index (χ2v) is 19.1. The van der Waals surface area contributed by atoms with E-state index >= 15 is 0 Å². The topological polar surface area (TPSA) is 221 Å². The summed E-state index contributed by atoms with van der Waals surface area (Å²) in [6.07, 6.45) is 7.38. The molecule has 252 valence electrons. The average Bonchev–Trinajstić information content (AvgIpc) is 2.94. The molecule has 2 amide bonds. The summed E-state index contributed by atoms with van der Waals surface area (Å²) in [7, 11) is -13.1. The zero-order chi connectivity index (χ0) is 32.0. The van der Waals surface area contributed by atoms with Gasteiger partial charge < -0.3 is 10.6 Å². The molecule has 11 unspecified atom stereocenters. The van der Waals surface area contributed by atoms with E-state index in [1.807, 2.05) is 0 Å². The van der Waals surface area contributed by atoms with Gasteiger partial charge in [0.05, 0.1) is 15.7 Å². The van der Waals surface area contributed by atoms with Crippen molar-refractivity contribution in [2.24, 2.45) is 35.5 Å². The fraction of sp³-hybridized carbons (Fsp3) is 0.929. The first-order chi connectivity index (χ1) is 20.5. The summed E-state index contributed by atoms with van der Waals surface area (Å²) in [5.41, 5.74) is 0. The van der Waals surface area contributed by atoms with Gasteiger partial charge >= 0.3 is 0 Å². The third-order valence-corrected chi connectivity index (χ3v) is 15.3. The number of fused-ring (bicyclic) bond motifs is 2. The molecule has 5 fully saturated rings. The van der Waals surface area contributed by atoms with E-state index in [4.69, 9.17) is 0 Å². The normalized spacial score (nSPS) is 40.2. The predicted molar refractivity (Wildman–Crippen MR) is 160 cm³/mol. The first kappa shape index (κ1) is 34.0. The maximum atomic E-state index is 13.3. The largest absolute Gasteiger partial charge is 0.353 e. The van der Waals surface area contributed by atoms with Gasteiger partial charge in [-0.1, -0.05) is 19.3 Å². The van der Waals surface area contributed by atoms with E-state index in [-0.39, 0.29) is 60.4 Å². The van der Waals surface area contributed by atoms with Crippen LogP contribution in [-0.4, -0.2) is 78.6 Å². The molecule has 0 aromatic heterocycles. The number of rotatable bonds is 7. The summed E-state index contributed by atoms with van der Waals surface area (Å²) in [5.74, 6) is -1.78. The molecule has 0 aliphatic heterocycles. The molecule has 13 nitrogen and oxygen atoms in total. The molecule has 0 heterocycles. The molecule has 5 rings (SSSR count). The van der Waals surface area contributed by atoms with Crippen molar-refractivity contribution in [1.29, 1.82) is 0 Å². The summed E-state index contributed by atoms with van der Waals surface area (Å²) in [6, 6.07) is -0.376. The highest BCUT2D eigenvalue weighted by Gasteiger charge is 2.49. The third kappa shape index (κ3) is 7.79. The molecule has 16 heteroatoms. The van der Waals surface area contributed by atoms with Crippen LogP contribution >= 0.6 is 0 Å². The summed E-state index contributed by atoms with van der Waals surface area (Å²) in [6.45, 7) is 0. The summed E-state index contributed by atoms with van der Waals surface area (Å²) >= 11 is 0. The van der Waals surface area contributed by atoms with E-state index in [9.17, 15) is 48.5 Å². The molecule has 5 aliphatic carbocycles. The van der Waals surface area contributed by atoms with E-state index < -0.39 is 57.9 Å². The Kier molecular flexibility index (Phi) is 10.1. The van der Waals surface area contributed by atoms with Crippen molar-refractivity contribution in [3.05, 3.63) is 0 Å². The highest BCUT2D eigenvalue weighted by Crippen LogP contribution is 2.46. The van der Waals surface area contributed by atoms with Crippen molar-refractivity contribution >= 4 is 42.2 Å². The number of amides is 2. The number of hydrogen-bond acceptors (Lipinski definition) is 8. The molecular formula is C28H46N2O11S3. The average molecular weight is 683 g/mol. The molecule has 44 heavy (non-hydrogen) atoms. The van der Waals surface area contributed by atoms with Crippen LogP contribution in [0, 0.1) is 35.5 Å². The maximum absolute atomic E-state index is 13.3. The van der Waals surface area contributed by atoms with Crippen molar-refractivity contribution in [2.45, 2.75) is 124 Å². The Labute approximate surface area is 260 Å². The van der Waals surface area contributed by atoms with E-state index in [2.05, 4.69) is 10.6 Å². The van der Waals surface area contributed by atoms with Crippen LogP contribution in [0.2, 0.25) is 0 Å². The van der Waals surface area contributed by atoms with Crippen LogP contribution in [-0.2, 0) is 39.9 Å². The Hall–Kier alpha value is -1.33. The number of nitrogens with one attached hydrogen (secondary N) is 2. The Balaban J connectivity index is 1.13. The molecule has 11 atom stereocenters. The Morgan fingerprint density at radius 2 is 1.00 bits per heavy atom. The Morgan fingerprint density at radius 1 is 0.500 bits per heavy atom. The molecule has 5 saturated carbocycles. The molecule has 5 N–H and O–H groups in total. The minimum Gasteiger partial charge on any atom is -0.353 e. The van der Waals surface area contributed by atoms with Gasteiger partial charge in [0.2, 0.25) is 11.8 Å². The van der Waals surface area contributed by atoms with Crippen LogP contribution in [0.4, 0.5) is 0 Å². The fourth-order valence-corrected chi connectivity index (χ4v) is 12.9. The van der Waals surface area contributed by atoms with Gasteiger partial charge in [-0.3, -0.25) is 23.2 Å². The van der Waals surface area contributed by atoms with Crippen LogP contribution < -0.4 is 10.6 Å². The molecular weight excluding hydrogens is 637 g/mol. The van der Waals surface area contributed by atoms with Gasteiger partial charge in [0.25, 0.3) is 30.4 Å². The summed E-state index contributed by atoms with van der Waals surface area (Å²) in [5, 5.41) is 2.92. The lowest BCUT2D eigenvalue weighted by Gasteiger charge is -2.45. The lowest BCUT2D eigenvalue weighted by Crippen LogP contribution is -2.51. The highest BCUT2D eigenvalue weighted by atomic mass is 32.2. The van der Waals surface area contributed by atoms with Gasteiger partial charge in [-0.05, 0) is 101 Å². The van der Waals surface area contributed by atoms with Crippen LogP contribution in [0.25, 0.3) is 0 Å². The van der Waals surface area contributed by atoms with Crippen molar-refractivity contribution in [2.75, 3.05) is 0 Å². The van der Waals surface area contributed by atoms with Gasteiger partial charge in [-0.15, -0.1) is 0 Å². The van der Waals surface area contributed by atoms with Crippen molar-refractivity contribution in [3.63, 3.8) is 0 Å². The SMILES string of the molecule is O=C(NC1CCC2C(CCCC2S(=O)(=O)O)C1)C1CCCC(C(=O)NC2CCC3C(C2)CC(S(=O)(=O)O)CC3S(=O)(=O)O)C1. The highest BCUT2D eigenvalue weighted by molar-refractivity contribution is 7.87. The number of hydrogen-bond donors (Lipinski definition) is 5. The third-order valence-electron chi connectivity index (χ3n) is 11.5. The maximum Gasteiger partial charge on any atom is 0.268 e. The zero-order valence-electron chi connectivity index (χ0n) is 24.8. The Bertz CT molecular complexity index is 1420. The molecule has 5 aliphatic rings. The molecule has 0 aromatic carbocycles. The van der Waals surface area contributed by atoms with E-state index in [1.54, 1.807) is 0 Å². The van der Waals surface area contributed by atoms with Crippen LogP contribution in [0.3, 0.4) is 0 Å².